The quantitative estimate of drug-likeness (QED) is 0.419. The van der Waals surface area contributed by atoms with Gasteiger partial charge in [-0.05, 0) is 20.8 Å². The first kappa shape index (κ1) is 15.1. The molecule has 0 aromatic carbocycles. The number of amides is 1. The number of carbonyl (C=O) groups excluding carboxylic acids is 4. The van der Waals surface area contributed by atoms with Crippen LogP contribution in [-0.2, 0) is 28.7 Å². The summed E-state index contributed by atoms with van der Waals surface area (Å²) in [5.41, 5.74) is -0.788. The molecule has 1 aliphatic rings. The molecule has 1 fully saturated rings. The van der Waals surface area contributed by atoms with Crippen LogP contribution in [0.2, 0.25) is 0 Å². The van der Waals surface area contributed by atoms with E-state index in [2.05, 4.69) is 10.1 Å². The van der Waals surface area contributed by atoms with E-state index >= 15 is 0 Å². The highest BCUT2D eigenvalue weighted by atomic mass is 16.6. The maximum absolute atomic E-state index is 11.5. The molecule has 0 aromatic rings. The minimum atomic E-state index is -1.05. The van der Waals surface area contributed by atoms with Gasteiger partial charge in [-0.2, -0.15) is 0 Å². The molecule has 106 valence electrons. The second-order valence-corrected chi connectivity index (χ2v) is 5.26. The van der Waals surface area contributed by atoms with Crippen molar-refractivity contribution in [1.29, 1.82) is 0 Å². The molecule has 1 saturated carbocycles. The molecule has 0 unspecified atom stereocenters. The zero-order valence-electron chi connectivity index (χ0n) is 11.3. The minimum absolute atomic E-state index is 0.557. The van der Waals surface area contributed by atoms with Gasteiger partial charge in [0.2, 0.25) is 0 Å². The number of rotatable bonds is 3. The van der Waals surface area contributed by atoms with Gasteiger partial charge in [-0.3, -0.25) is 9.59 Å². The summed E-state index contributed by atoms with van der Waals surface area (Å²) >= 11 is 0. The van der Waals surface area contributed by atoms with Crippen molar-refractivity contribution in [2.45, 2.75) is 32.4 Å². The van der Waals surface area contributed by atoms with Crippen LogP contribution in [0.5, 0.6) is 0 Å². The molecule has 0 bridgehead atoms. The zero-order chi connectivity index (χ0) is 14.8. The lowest BCUT2D eigenvalue weighted by atomic mass is 10.2. The van der Waals surface area contributed by atoms with E-state index in [1.165, 1.54) is 7.11 Å². The summed E-state index contributed by atoms with van der Waals surface area (Å²) in [7, 11) is 1.19. The van der Waals surface area contributed by atoms with E-state index in [0.717, 1.165) is 0 Å². The molecular weight excluding hydrogens is 254 g/mol. The fourth-order valence-corrected chi connectivity index (χ4v) is 1.66. The van der Waals surface area contributed by atoms with Crippen LogP contribution in [0, 0.1) is 11.8 Å². The van der Waals surface area contributed by atoms with E-state index < -0.39 is 41.3 Å². The summed E-state index contributed by atoms with van der Waals surface area (Å²) in [4.78, 5) is 45.0. The van der Waals surface area contributed by atoms with Crippen LogP contribution in [0.15, 0.2) is 0 Å². The Morgan fingerprint density at radius 1 is 1.21 bits per heavy atom. The third kappa shape index (κ3) is 3.77. The van der Waals surface area contributed by atoms with Crippen molar-refractivity contribution in [3.05, 3.63) is 0 Å². The number of esters is 2. The first-order chi connectivity index (χ1) is 8.71. The van der Waals surface area contributed by atoms with E-state index in [1.807, 2.05) is 0 Å². The monoisotopic (exact) mass is 271 g/mol. The van der Waals surface area contributed by atoms with Gasteiger partial charge in [-0.1, -0.05) is 0 Å². The highest BCUT2D eigenvalue weighted by Gasteiger charge is 2.57. The molecule has 0 saturated heterocycles. The van der Waals surface area contributed by atoms with Gasteiger partial charge >= 0.3 is 17.8 Å². The summed E-state index contributed by atoms with van der Waals surface area (Å²) in [6.45, 7) is 4.88. The smallest absolute Gasteiger partial charge is 0.397 e. The molecule has 0 heterocycles. The maximum Gasteiger partial charge on any atom is 0.397 e. The largest absolute Gasteiger partial charge is 0.469 e. The molecular formula is C12H17NO6. The van der Waals surface area contributed by atoms with Crippen LogP contribution in [0.1, 0.15) is 20.8 Å². The molecule has 1 rings (SSSR count). The van der Waals surface area contributed by atoms with Crippen LogP contribution in [0.25, 0.3) is 0 Å². The fraction of sp³-hybridized carbons (Fsp3) is 0.667. The lowest BCUT2D eigenvalue weighted by molar-refractivity contribution is -0.163. The molecule has 0 radical (unpaired) electrons. The Morgan fingerprint density at radius 2 is 1.79 bits per heavy atom. The number of ether oxygens (including phenoxy) is 2. The standard InChI is InChI=1S/C12H17NO6/c1-12(2,3)19-11(17)9(15)13-8-6(5-14)7(8)10(16)18-4/h5-8H,1-4H3,(H,13,15)/t6-,7-,8-/m0/s1. The summed E-state index contributed by atoms with van der Waals surface area (Å²) in [6.07, 6.45) is 0.557. The molecule has 1 N–H and O–H groups in total. The SMILES string of the molecule is COC(=O)[C@H]1[C@H](C=O)[C@@H]1NC(=O)C(=O)OC(C)(C)C. The van der Waals surface area contributed by atoms with Gasteiger partial charge in [0.25, 0.3) is 0 Å². The third-order valence-electron chi connectivity index (χ3n) is 2.59. The summed E-state index contributed by atoms with van der Waals surface area (Å²) in [6, 6.07) is -0.704. The van der Waals surface area contributed by atoms with E-state index in [-0.39, 0.29) is 0 Å². The Bertz CT molecular complexity index is 411. The van der Waals surface area contributed by atoms with E-state index in [9.17, 15) is 19.2 Å². The van der Waals surface area contributed by atoms with E-state index in [4.69, 9.17) is 4.74 Å². The van der Waals surface area contributed by atoms with Crippen LogP contribution < -0.4 is 5.32 Å². The molecule has 1 aliphatic carbocycles. The molecule has 0 aromatic heterocycles. The second kappa shape index (κ2) is 5.38. The maximum atomic E-state index is 11.5. The van der Waals surface area contributed by atoms with Gasteiger partial charge in [-0.25, -0.2) is 4.79 Å². The van der Waals surface area contributed by atoms with Gasteiger partial charge in [0.05, 0.1) is 25.0 Å². The number of carbonyl (C=O) groups is 4. The average molecular weight is 271 g/mol. The highest BCUT2D eigenvalue weighted by molar-refractivity contribution is 6.32. The van der Waals surface area contributed by atoms with Gasteiger partial charge in [0, 0.05) is 0 Å². The number of hydrogen-bond donors (Lipinski definition) is 1. The van der Waals surface area contributed by atoms with Gasteiger partial charge < -0.3 is 19.6 Å². The molecule has 1 amide bonds. The number of nitrogens with one attached hydrogen (secondary N) is 1. The Labute approximate surface area is 110 Å². The van der Waals surface area contributed by atoms with Crippen LogP contribution in [-0.4, -0.2) is 42.9 Å². The van der Waals surface area contributed by atoms with E-state index in [0.29, 0.717) is 6.29 Å². The molecule has 7 heteroatoms. The lowest BCUT2D eigenvalue weighted by Gasteiger charge is -2.18. The predicted octanol–water partition coefficient (Wildman–Crippen LogP) is -0.569. The van der Waals surface area contributed by atoms with Crippen molar-refractivity contribution in [2.24, 2.45) is 11.8 Å². The van der Waals surface area contributed by atoms with Crippen molar-refractivity contribution in [3.8, 4) is 0 Å². The van der Waals surface area contributed by atoms with Crippen molar-refractivity contribution in [2.75, 3.05) is 7.11 Å². The Hall–Kier alpha value is -1.92. The lowest BCUT2D eigenvalue weighted by Crippen LogP contribution is -2.39. The van der Waals surface area contributed by atoms with Gasteiger partial charge in [0.1, 0.15) is 11.9 Å². The fourth-order valence-electron chi connectivity index (χ4n) is 1.66. The van der Waals surface area contributed by atoms with Crippen LogP contribution in [0.4, 0.5) is 0 Å². The number of aldehydes is 1. The Kier molecular flexibility index (Phi) is 4.28. The van der Waals surface area contributed by atoms with Crippen molar-refractivity contribution < 1.29 is 28.7 Å². The van der Waals surface area contributed by atoms with Gasteiger partial charge in [0.15, 0.2) is 0 Å². The predicted molar refractivity (Wildman–Crippen MR) is 62.8 cm³/mol. The summed E-state index contributed by atoms with van der Waals surface area (Å²) < 4.78 is 9.36. The highest BCUT2D eigenvalue weighted by Crippen LogP contribution is 2.38. The van der Waals surface area contributed by atoms with Crippen molar-refractivity contribution in [3.63, 3.8) is 0 Å². The van der Waals surface area contributed by atoms with E-state index in [1.54, 1.807) is 20.8 Å². The number of methoxy groups -OCH3 is 1. The summed E-state index contributed by atoms with van der Waals surface area (Å²) in [5, 5.41) is 2.30. The molecule has 0 spiro atoms. The van der Waals surface area contributed by atoms with Crippen LogP contribution >= 0.6 is 0 Å². The molecule has 0 aliphatic heterocycles. The van der Waals surface area contributed by atoms with Crippen LogP contribution in [0.3, 0.4) is 0 Å². The number of hydrogen-bond acceptors (Lipinski definition) is 6. The average Bonchev–Trinajstić information content (AvgIpc) is 2.98. The third-order valence-corrected chi connectivity index (χ3v) is 2.59. The first-order valence-corrected chi connectivity index (χ1v) is 5.78. The molecule has 3 atom stereocenters. The second-order valence-electron chi connectivity index (χ2n) is 5.26. The molecule has 19 heavy (non-hydrogen) atoms. The zero-order valence-corrected chi connectivity index (χ0v) is 11.3. The first-order valence-electron chi connectivity index (χ1n) is 5.78. The van der Waals surface area contributed by atoms with Crippen molar-refractivity contribution in [1.82, 2.24) is 5.32 Å². The normalized spacial score (nSPS) is 25.2. The Balaban J connectivity index is 2.56. The van der Waals surface area contributed by atoms with Crippen molar-refractivity contribution >= 4 is 24.1 Å². The topological polar surface area (TPSA) is 98.8 Å². The Morgan fingerprint density at radius 3 is 2.21 bits per heavy atom. The van der Waals surface area contributed by atoms with Gasteiger partial charge in [-0.15, -0.1) is 0 Å². The molecule has 7 nitrogen and oxygen atoms in total. The minimum Gasteiger partial charge on any atom is -0.469 e. The summed E-state index contributed by atoms with van der Waals surface area (Å²) in [5.74, 6) is -4.00.